The van der Waals surface area contributed by atoms with Crippen LogP contribution in [0.5, 0.6) is 0 Å². The van der Waals surface area contributed by atoms with Crippen LogP contribution in [0.1, 0.15) is 13.8 Å². The highest BCUT2D eigenvalue weighted by Gasteiger charge is 2.21. The molecule has 0 aromatic carbocycles. The standard InChI is InChI=1S/C12H20N4O2S/c1-5-7-15(4)19(17,18)12-9-14-16(10-12)8-6-13-11(2)3/h1,9-11,13H,6-8H2,2-4H3. The Labute approximate surface area is 114 Å². The Balaban J connectivity index is 2.71. The number of rotatable bonds is 7. The van der Waals surface area contributed by atoms with Crippen molar-refractivity contribution in [3.63, 3.8) is 0 Å². The van der Waals surface area contributed by atoms with Gasteiger partial charge >= 0.3 is 0 Å². The van der Waals surface area contributed by atoms with Gasteiger partial charge in [0.2, 0.25) is 10.0 Å². The normalized spacial score (nSPS) is 12.0. The number of aromatic nitrogens is 2. The fourth-order valence-corrected chi connectivity index (χ4v) is 2.50. The summed E-state index contributed by atoms with van der Waals surface area (Å²) in [6.07, 6.45) is 7.98. The molecule has 6 nitrogen and oxygen atoms in total. The van der Waals surface area contributed by atoms with Crippen LogP contribution in [0.4, 0.5) is 0 Å². The zero-order chi connectivity index (χ0) is 14.5. The van der Waals surface area contributed by atoms with Crippen molar-refractivity contribution in [2.45, 2.75) is 31.3 Å². The molecule has 1 aromatic rings. The molecule has 0 aliphatic carbocycles. The maximum Gasteiger partial charge on any atom is 0.246 e. The molecule has 0 saturated carbocycles. The lowest BCUT2D eigenvalue weighted by Crippen LogP contribution is -2.27. The van der Waals surface area contributed by atoms with Crippen LogP contribution < -0.4 is 5.32 Å². The van der Waals surface area contributed by atoms with Gasteiger partial charge in [-0.05, 0) is 0 Å². The molecule has 1 rings (SSSR count). The molecule has 0 radical (unpaired) electrons. The molecule has 0 atom stereocenters. The second kappa shape index (κ2) is 6.70. The monoisotopic (exact) mass is 284 g/mol. The molecule has 19 heavy (non-hydrogen) atoms. The van der Waals surface area contributed by atoms with Gasteiger partial charge in [-0.3, -0.25) is 4.68 Å². The highest BCUT2D eigenvalue weighted by molar-refractivity contribution is 7.89. The zero-order valence-corrected chi connectivity index (χ0v) is 12.3. The molecule has 0 amide bonds. The van der Waals surface area contributed by atoms with E-state index in [2.05, 4.69) is 16.3 Å². The van der Waals surface area contributed by atoms with E-state index in [1.807, 2.05) is 13.8 Å². The second-order valence-corrected chi connectivity index (χ2v) is 6.56. The molecule has 7 heteroatoms. The summed E-state index contributed by atoms with van der Waals surface area (Å²) in [5.41, 5.74) is 0. The average molecular weight is 284 g/mol. The van der Waals surface area contributed by atoms with E-state index < -0.39 is 10.0 Å². The van der Waals surface area contributed by atoms with E-state index in [0.29, 0.717) is 12.6 Å². The Hall–Kier alpha value is -1.36. The van der Waals surface area contributed by atoms with Gasteiger partial charge in [0.25, 0.3) is 0 Å². The van der Waals surface area contributed by atoms with Crippen molar-refractivity contribution in [2.24, 2.45) is 0 Å². The molecule has 0 spiro atoms. The first kappa shape index (κ1) is 15.7. The Morgan fingerprint density at radius 1 is 1.58 bits per heavy atom. The maximum absolute atomic E-state index is 12.1. The molecular weight excluding hydrogens is 264 g/mol. The largest absolute Gasteiger partial charge is 0.313 e. The van der Waals surface area contributed by atoms with E-state index in [-0.39, 0.29) is 11.4 Å². The molecule has 0 fully saturated rings. The van der Waals surface area contributed by atoms with Crippen LogP contribution in [-0.2, 0) is 16.6 Å². The smallest absolute Gasteiger partial charge is 0.246 e. The van der Waals surface area contributed by atoms with Gasteiger partial charge in [-0.25, -0.2) is 8.42 Å². The third-order valence-corrected chi connectivity index (χ3v) is 4.28. The lowest BCUT2D eigenvalue weighted by molar-refractivity contribution is 0.501. The Morgan fingerprint density at radius 3 is 2.84 bits per heavy atom. The molecule has 0 unspecified atom stereocenters. The van der Waals surface area contributed by atoms with Crippen LogP contribution in [-0.4, -0.2) is 48.7 Å². The van der Waals surface area contributed by atoms with E-state index in [9.17, 15) is 8.42 Å². The topological polar surface area (TPSA) is 67.2 Å². The van der Waals surface area contributed by atoms with E-state index in [4.69, 9.17) is 6.42 Å². The summed E-state index contributed by atoms with van der Waals surface area (Å²) in [6, 6.07) is 0.389. The van der Waals surface area contributed by atoms with Gasteiger partial charge in [0, 0.05) is 25.8 Å². The zero-order valence-electron chi connectivity index (χ0n) is 11.5. The van der Waals surface area contributed by atoms with Crippen LogP contribution >= 0.6 is 0 Å². The number of nitrogens with zero attached hydrogens (tertiary/aromatic N) is 3. The Morgan fingerprint density at radius 2 is 2.26 bits per heavy atom. The van der Waals surface area contributed by atoms with Crippen LogP contribution in [0.2, 0.25) is 0 Å². The summed E-state index contributed by atoms with van der Waals surface area (Å²) in [4.78, 5) is 0.162. The van der Waals surface area contributed by atoms with Crippen LogP contribution in [0, 0.1) is 12.3 Å². The first-order valence-electron chi connectivity index (χ1n) is 6.03. The van der Waals surface area contributed by atoms with Crippen LogP contribution in [0.3, 0.4) is 0 Å². The minimum atomic E-state index is -3.53. The molecule has 1 aromatic heterocycles. The van der Waals surface area contributed by atoms with Gasteiger partial charge in [-0.1, -0.05) is 19.8 Å². The highest BCUT2D eigenvalue weighted by Crippen LogP contribution is 2.12. The quantitative estimate of drug-likeness (QED) is 0.723. The summed E-state index contributed by atoms with van der Waals surface area (Å²) in [7, 11) is -2.08. The number of sulfonamides is 1. The van der Waals surface area contributed by atoms with Crippen molar-refractivity contribution < 1.29 is 8.42 Å². The van der Waals surface area contributed by atoms with Gasteiger partial charge in [-0.15, -0.1) is 6.42 Å². The molecule has 106 valence electrons. The summed E-state index contributed by atoms with van der Waals surface area (Å²) in [6.45, 7) is 5.50. The predicted octanol–water partition coefficient (Wildman–Crippen LogP) is 0.135. The van der Waals surface area contributed by atoms with Crippen molar-refractivity contribution in [2.75, 3.05) is 20.1 Å². The number of hydrogen-bond donors (Lipinski definition) is 1. The van der Waals surface area contributed by atoms with E-state index in [1.54, 1.807) is 4.68 Å². The molecular formula is C12H20N4O2S. The third kappa shape index (κ3) is 4.35. The van der Waals surface area contributed by atoms with Gasteiger partial charge < -0.3 is 5.32 Å². The van der Waals surface area contributed by atoms with Crippen molar-refractivity contribution in [1.29, 1.82) is 0 Å². The lowest BCUT2D eigenvalue weighted by atomic mass is 10.4. The van der Waals surface area contributed by atoms with E-state index in [0.717, 1.165) is 10.8 Å². The first-order chi connectivity index (χ1) is 8.87. The number of nitrogens with one attached hydrogen (secondary N) is 1. The molecule has 0 aliphatic heterocycles. The van der Waals surface area contributed by atoms with E-state index in [1.165, 1.54) is 19.4 Å². The minimum Gasteiger partial charge on any atom is -0.313 e. The van der Waals surface area contributed by atoms with Crippen LogP contribution in [0.25, 0.3) is 0 Å². The van der Waals surface area contributed by atoms with Gasteiger partial charge in [0.1, 0.15) is 4.90 Å². The summed E-state index contributed by atoms with van der Waals surface area (Å²) >= 11 is 0. The minimum absolute atomic E-state index is 0.0441. The fraction of sp³-hybridized carbons (Fsp3) is 0.583. The van der Waals surface area contributed by atoms with Gasteiger partial charge in [-0.2, -0.15) is 9.40 Å². The summed E-state index contributed by atoms with van der Waals surface area (Å²) < 4.78 is 26.9. The number of terminal acetylenes is 1. The summed E-state index contributed by atoms with van der Waals surface area (Å²) in [5, 5.41) is 7.28. The van der Waals surface area contributed by atoms with Crippen molar-refractivity contribution >= 4 is 10.0 Å². The molecule has 0 bridgehead atoms. The van der Waals surface area contributed by atoms with E-state index >= 15 is 0 Å². The molecule has 1 N–H and O–H groups in total. The Kier molecular flexibility index (Phi) is 5.54. The molecule has 1 heterocycles. The van der Waals surface area contributed by atoms with Gasteiger partial charge in [0.15, 0.2) is 0 Å². The molecule has 0 aliphatic rings. The van der Waals surface area contributed by atoms with Crippen molar-refractivity contribution in [3.05, 3.63) is 12.4 Å². The number of hydrogen-bond acceptors (Lipinski definition) is 4. The van der Waals surface area contributed by atoms with Crippen molar-refractivity contribution in [1.82, 2.24) is 19.4 Å². The lowest BCUT2D eigenvalue weighted by Gasteiger charge is -2.12. The third-order valence-electron chi connectivity index (χ3n) is 2.53. The second-order valence-electron chi connectivity index (χ2n) is 4.51. The van der Waals surface area contributed by atoms with Crippen molar-refractivity contribution in [3.8, 4) is 12.3 Å². The SMILES string of the molecule is C#CCN(C)S(=O)(=O)c1cnn(CCNC(C)C)c1. The average Bonchev–Trinajstić information content (AvgIpc) is 2.78. The first-order valence-corrected chi connectivity index (χ1v) is 7.47. The summed E-state index contributed by atoms with van der Waals surface area (Å²) in [5.74, 6) is 2.31. The molecule has 0 saturated heterocycles. The predicted molar refractivity (Wildman–Crippen MR) is 74.0 cm³/mol. The Bertz CT molecular complexity index is 542. The fourth-order valence-electron chi connectivity index (χ4n) is 1.46. The maximum atomic E-state index is 12.1. The van der Waals surface area contributed by atoms with Crippen LogP contribution in [0.15, 0.2) is 17.3 Å². The highest BCUT2D eigenvalue weighted by atomic mass is 32.2. The van der Waals surface area contributed by atoms with Gasteiger partial charge in [0.05, 0.1) is 19.3 Å².